The molecule has 2 heterocycles. The predicted octanol–water partition coefficient (Wildman–Crippen LogP) is 8.63. The van der Waals surface area contributed by atoms with Crippen LogP contribution in [0, 0.1) is 0 Å². The number of aromatic nitrogens is 2. The van der Waals surface area contributed by atoms with Crippen LogP contribution < -0.4 is 11.4 Å². The zero-order chi connectivity index (χ0) is 52.2. The molecule has 0 aromatic carbocycles. The van der Waals surface area contributed by atoms with E-state index in [9.17, 15) is 48.6 Å². The van der Waals surface area contributed by atoms with E-state index in [1.807, 2.05) is 12.2 Å². The number of carbonyl (C=O) groups is 2. The van der Waals surface area contributed by atoms with E-state index in [4.69, 9.17) is 29.0 Å². The number of hydrogen-bond donors (Lipinski definition) is 6. The monoisotopic (exact) mass is 1040 g/mol. The Morgan fingerprint density at radius 3 is 1.94 bits per heavy atom. The van der Waals surface area contributed by atoms with Crippen molar-refractivity contribution in [3.05, 3.63) is 120 Å². The van der Waals surface area contributed by atoms with E-state index in [-0.39, 0.29) is 31.5 Å². The van der Waals surface area contributed by atoms with Gasteiger partial charge in [0.05, 0.1) is 19.3 Å². The van der Waals surface area contributed by atoms with Crippen molar-refractivity contribution in [2.45, 2.75) is 160 Å². The summed E-state index contributed by atoms with van der Waals surface area (Å²) in [4.78, 5) is 61.9. The van der Waals surface area contributed by atoms with Gasteiger partial charge in [-0.1, -0.05) is 130 Å². The molecule has 1 fully saturated rings. The molecule has 0 amide bonds. The van der Waals surface area contributed by atoms with Gasteiger partial charge in [-0.15, -0.1) is 0 Å². The van der Waals surface area contributed by atoms with Crippen molar-refractivity contribution in [2.24, 2.45) is 0 Å². The molecule has 1 aromatic rings. The van der Waals surface area contributed by atoms with Crippen LogP contribution in [0.15, 0.2) is 114 Å². The number of carbonyl (C=O) groups excluding carboxylic acids is 2. The minimum Gasteiger partial charge on any atom is -0.462 e. The van der Waals surface area contributed by atoms with Crippen LogP contribution in [0.3, 0.4) is 0 Å². The van der Waals surface area contributed by atoms with Crippen molar-refractivity contribution in [3.63, 3.8) is 0 Å². The SMILES string of the molecule is CC/C=C\C/C=C\C/C=C\C/C=C\C=C\C(O)CCCC(=O)O[C@H](COC(=O)CCCCCCC/C=C\C/C=C\C/C=C\CC)COP(=O)(O)OP(=O)(O)OC[C@H]1O[C@@H](n2ccc(N)nc2=O)[C@H](O)[C@@H]1O. The number of ether oxygens (including phenoxy) is 3. The molecule has 0 radical (unpaired) electrons. The molecule has 71 heavy (non-hydrogen) atoms. The van der Waals surface area contributed by atoms with Gasteiger partial charge in [0.25, 0.3) is 0 Å². The smallest absolute Gasteiger partial charge is 0.462 e. The third-order valence-corrected chi connectivity index (χ3v) is 12.9. The minimum absolute atomic E-state index is 0.0605. The Bertz CT molecular complexity index is 2080. The topological polar surface area (TPSA) is 286 Å². The molecule has 19 nitrogen and oxygen atoms in total. The summed E-state index contributed by atoms with van der Waals surface area (Å²) in [7, 11) is -11.0. The highest BCUT2D eigenvalue weighted by molar-refractivity contribution is 7.61. The summed E-state index contributed by atoms with van der Waals surface area (Å²) in [6.45, 7) is 1.70. The van der Waals surface area contributed by atoms with Crippen LogP contribution >= 0.6 is 15.6 Å². The Labute approximate surface area is 418 Å². The molecule has 21 heteroatoms. The molecular weight excluding hydrogens is 961 g/mol. The van der Waals surface area contributed by atoms with Crippen molar-refractivity contribution < 1.29 is 71.4 Å². The Morgan fingerprint density at radius 1 is 0.746 bits per heavy atom. The van der Waals surface area contributed by atoms with Crippen molar-refractivity contribution >= 4 is 33.4 Å². The largest absolute Gasteiger partial charge is 0.481 e. The molecule has 8 atom stereocenters. The molecule has 1 aliphatic heterocycles. The van der Waals surface area contributed by atoms with Gasteiger partial charge in [0, 0.05) is 19.0 Å². The first-order valence-electron chi connectivity index (χ1n) is 24.4. The lowest BCUT2D eigenvalue weighted by molar-refractivity contribution is -0.161. The Morgan fingerprint density at radius 2 is 1.31 bits per heavy atom. The normalized spacial score (nSPS) is 20.4. The van der Waals surface area contributed by atoms with Crippen LogP contribution in [0.25, 0.3) is 0 Å². The van der Waals surface area contributed by atoms with Crippen molar-refractivity contribution in [3.8, 4) is 0 Å². The van der Waals surface area contributed by atoms with Crippen molar-refractivity contribution in [1.29, 1.82) is 0 Å². The van der Waals surface area contributed by atoms with E-state index in [2.05, 4.69) is 90.0 Å². The lowest BCUT2D eigenvalue weighted by Crippen LogP contribution is -2.36. The number of phosphoric ester groups is 2. The van der Waals surface area contributed by atoms with Gasteiger partial charge >= 0.3 is 33.3 Å². The van der Waals surface area contributed by atoms with E-state index in [0.29, 0.717) is 6.42 Å². The second-order valence-electron chi connectivity index (χ2n) is 16.4. The van der Waals surface area contributed by atoms with Gasteiger partial charge < -0.3 is 45.1 Å². The summed E-state index contributed by atoms with van der Waals surface area (Å²) < 4.78 is 56.5. The summed E-state index contributed by atoms with van der Waals surface area (Å²) in [5.74, 6) is -1.55. The molecule has 0 aliphatic carbocycles. The highest BCUT2D eigenvalue weighted by Crippen LogP contribution is 2.60. The lowest BCUT2D eigenvalue weighted by Gasteiger charge is -2.21. The van der Waals surface area contributed by atoms with Gasteiger partial charge in [0.1, 0.15) is 30.7 Å². The van der Waals surface area contributed by atoms with Crippen molar-refractivity contribution in [1.82, 2.24) is 9.55 Å². The standard InChI is InChI=1S/C50H77N3O16P2/c1-3-5-7-9-11-13-15-17-18-20-22-24-26-28-30-34-45(55)64-38-42(67-46(56)35-31-33-41(54)32-29-27-25-23-21-19-16-14-12-10-8-6-4-2)39-65-70(60,61)69-71(62,63)66-40-43-47(57)48(58)49(68-43)53-37-36-44(51)52-50(53)59/h5-8,11-14,17-19,21,25,27,29,32,36-37,41-43,47-49,54,57-58H,3-4,9-10,15-16,20,22-24,26,28,30-31,33-35,38-40H2,1-2H3,(H,60,61)(H,62,63)(H2,51,52,59)/b7-5-,8-6-,13-11-,14-12-,18-17-,21-19-,27-25-,32-29+/t41?,42-,43-,47-,48-,49-/m1/s1. The Hall–Kier alpha value is -4.36. The number of aliphatic hydroxyl groups excluding tert-OH is 3. The zero-order valence-corrected chi connectivity index (χ0v) is 42.9. The van der Waals surface area contributed by atoms with Gasteiger partial charge in [-0.3, -0.25) is 23.2 Å². The average molecular weight is 1040 g/mol. The zero-order valence-electron chi connectivity index (χ0n) is 41.1. The quantitative estimate of drug-likeness (QED) is 0.0119. The number of allylic oxidation sites excluding steroid dienone is 15. The Balaban J connectivity index is 1.88. The van der Waals surface area contributed by atoms with E-state index < -0.39 is 89.8 Å². The molecular formula is C50H77N3O16P2. The van der Waals surface area contributed by atoms with Crippen LogP contribution in [0.2, 0.25) is 0 Å². The minimum atomic E-state index is -5.48. The Kier molecular flexibility index (Phi) is 33.1. The highest BCUT2D eigenvalue weighted by Gasteiger charge is 2.46. The number of aliphatic hydroxyl groups is 3. The van der Waals surface area contributed by atoms with Gasteiger partial charge in [-0.05, 0) is 83.1 Å². The first kappa shape index (κ1) is 62.8. The molecule has 1 saturated heterocycles. The second-order valence-corrected chi connectivity index (χ2v) is 19.4. The summed E-state index contributed by atoms with van der Waals surface area (Å²) in [5, 5.41) is 31.3. The van der Waals surface area contributed by atoms with E-state index in [1.54, 1.807) is 18.2 Å². The van der Waals surface area contributed by atoms with Crippen molar-refractivity contribution in [2.75, 3.05) is 25.6 Å². The number of rotatable bonds is 38. The number of nitrogen functional groups attached to an aromatic ring is 1. The number of nitrogens with zero attached hydrogens (tertiary/aromatic N) is 2. The maximum Gasteiger partial charge on any atom is 0.481 e. The van der Waals surface area contributed by atoms with Gasteiger partial charge in [-0.2, -0.15) is 9.29 Å². The molecule has 7 N–H and O–H groups in total. The van der Waals surface area contributed by atoms with Crippen LogP contribution in [-0.2, 0) is 46.3 Å². The fraction of sp³-hybridized carbons (Fsp3) is 0.560. The van der Waals surface area contributed by atoms with Gasteiger partial charge in [0.2, 0.25) is 0 Å². The van der Waals surface area contributed by atoms with Gasteiger partial charge in [-0.25, -0.2) is 13.9 Å². The fourth-order valence-corrected chi connectivity index (χ4v) is 8.64. The molecule has 1 aliphatic rings. The number of esters is 2. The first-order valence-corrected chi connectivity index (χ1v) is 27.3. The molecule has 398 valence electrons. The molecule has 3 unspecified atom stereocenters. The lowest BCUT2D eigenvalue weighted by atomic mass is 10.1. The molecule has 0 bridgehead atoms. The average Bonchev–Trinajstić information content (AvgIpc) is 3.60. The highest BCUT2D eigenvalue weighted by atomic mass is 31.3. The predicted molar refractivity (Wildman–Crippen MR) is 271 cm³/mol. The number of nitrogens with two attached hydrogens (primary N) is 1. The molecule has 0 saturated carbocycles. The van der Waals surface area contributed by atoms with E-state index in [1.165, 1.54) is 6.07 Å². The number of unbranched alkanes of at least 4 members (excludes halogenated alkanes) is 5. The number of phosphoric acid groups is 2. The maximum atomic E-state index is 12.9. The third-order valence-electron chi connectivity index (χ3n) is 10.3. The van der Waals surface area contributed by atoms with Crippen LogP contribution in [0.5, 0.6) is 0 Å². The van der Waals surface area contributed by atoms with Crippen LogP contribution in [0.4, 0.5) is 5.82 Å². The van der Waals surface area contributed by atoms with Gasteiger partial charge in [0.15, 0.2) is 12.3 Å². The van der Waals surface area contributed by atoms with Crippen LogP contribution in [-0.4, -0.2) is 96.9 Å². The second kappa shape index (κ2) is 37.4. The third kappa shape index (κ3) is 30.3. The first-order chi connectivity index (χ1) is 34.1. The molecule has 1 aromatic heterocycles. The van der Waals surface area contributed by atoms with E-state index >= 15 is 0 Å². The van der Waals surface area contributed by atoms with Crippen LogP contribution in [0.1, 0.15) is 129 Å². The fourth-order valence-electron chi connectivity index (χ4n) is 6.53. The summed E-state index contributed by atoms with van der Waals surface area (Å²) in [6.07, 6.45) is 36.6. The number of anilines is 1. The maximum absolute atomic E-state index is 12.9. The number of hydrogen-bond acceptors (Lipinski definition) is 16. The molecule has 0 spiro atoms. The molecule has 2 rings (SSSR count). The summed E-state index contributed by atoms with van der Waals surface area (Å²) in [5.41, 5.74) is 4.56. The van der Waals surface area contributed by atoms with E-state index in [0.717, 1.165) is 87.8 Å². The summed E-state index contributed by atoms with van der Waals surface area (Å²) in [6, 6.07) is 1.23. The summed E-state index contributed by atoms with van der Waals surface area (Å²) >= 11 is 0.